The molecule has 5 nitrogen and oxygen atoms in total. The van der Waals surface area contributed by atoms with Gasteiger partial charge in [-0.05, 0) is 0 Å². The molecular weight excluding hydrogens is 169 g/mol. The van der Waals surface area contributed by atoms with Crippen LogP contribution in [0.1, 0.15) is 0 Å². The lowest BCUT2D eigenvalue weighted by Gasteiger charge is -2.38. The van der Waals surface area contributed by atoms with Crippen LogP contribution in [0.25, 0.3) is 0 Å². The summed E-state index contributed by atoms with van der Waals surface area (Å²) < 4.78 is 12.8. The Labute approximate surface area is 68.2 Å². The molecule has 0 amide bonds. The van der Waals surface area contributed by atoms with Crippen LogP contribution in [0.2, 0.25) is 0 Å². The average molecular weight is 181 g/mol. The highest BCUT2D eigenvalue weighted by Crippen LogP contribution is 2.22. The average Bonchev–Trinajstić information content (AvgIpc) is 2.08. The Morgan fingerprint density at radius 2 is 1.25 bits per heavy atom. The van der Waals surface area contributed by atoms with E-state index in [1.54, 1.807) is 0 Å². The lowest BCUT2D eigenvalue weighted by atomic mass is 9.85. The molecule has 0 bridgehead atoms. The summed E-state index contributed by atoms with van der Waals surface area (Å²) in [6, 6.07) is -1.36. The molecule has 0 aliphatic heterocycles. The molecule has 0 radical (unpaired) electrons. The van der Waals surface area contributed by atoms with E-state index in [0.717, 1.165) is 0 Å². The molecule has 0 aromatic carbocycles. The van der Waals surface area contributed by atoms with Crippen LogP contribution in [-0.4, -0.2) is 57.1 Å². The third-order valence-electron chi connectivity index (χ3n) is 2.14. The second-order valence-electron chi connectivity index (χ2n) is 2.98. The van der Waals surface area contributed by atoms with E-state index >= 15 is 0 Å². The molecule has 1 aliphatic carbocycles. The molecule has 1 aliphatic rings. The minimum Gasteiger partial charge on any atom is -0.389 e. The normalized spacial score (nSPS) is 55.5. The Bertz CT molecular complexity index is 111. The van der Waals surface area contributed by atoms with Gasteiger partial charge in [-0.15, -0.1) is 0 Å². The molecule has 0 aromatic rings. The van der Waals surface area contributed by atoms with E-state index in [1.807, 2.05) is 0 Å². The Morgan fingerprint density at radius 3 is 1.75 bits per heavy atom. The summed E-state index contributed by atoms with van der Waals surface area (Å²) in [4.78, 5) is 0. The van der Waals surface area contributed by atoms with Gasteiger partial charge in [0.1, 0.15) is 30.6 Å². The Balaban J connectivity index is 2.76. The number of hydrogen-bond acceptors (Lipinski definition) is 5. The van der Waals surface area contributed by atoms with E-state index < -0.39 is 36.6 Å². The topological polar surface area (TPSA) is 107 Å². The molecule has 1 fully saturated rings. The molecule has 1 saturated carbocycles. The third-order valence-corrected chi connectivity index (χ3v) is 2.14. The number of alkyl halides is 1. The number of rotatable bonds is 0. The number of aliphatic hydroxyl groups excluding tert-OH is 4. The molecule has 6 heteroatoms. The SMILES string of the molecule is NC1C(F)[C@H](O)[C@@H](O)[C@@H](O)[C@@H]1O. The monoisotopic (exact) mass is 181 g/mol. The van der Waals surface area contributed by atoms with E-state index in [0.29, 0.717) is 0 Å². The summed E-state index contributed by atoms with van der Waals surface area (Å²) in [7, 11) is 0. The zero-order valence-electron chi connectivity index (χ0n) is 6.21. The third kappa shape index (κ3) is 1.32. The fourth-order valence-electron chi connectivity index (χ4n) is 1.24. The second kappa shape index (κ2) is 3.23. The molecular formula is C6H12FNO4. The maximum atomic E-state index is 12.8. The highest BCUT2D eigenvalue weighted by molar-refractivity contribution is 5.00. The van der Waals surface area contributed by atoms with Crippen LogP contribution in [-0.2, 0) is 0 Å². The van der Waals surface area contributed by atoms with Crippen LogP contribution in [0.4, 0.5) is 4.39 Å². The molecule has 0 aromatic heterocycles. The van der Waals surface area contributed by atoms with Crippen molar-refractivity contribution in [2.24, 2.45) is 5.73 Å². The Kier molecular flexibility index (Phi) is 2.64. The molecule has 1 rings (SSSR count). The minimum absolute atomic E-state index is 1.36. The molecule has 6 atom stereocenters. The van der Waals surface area contributed by atoms with Crippen molar-refractivity contribution >= 4 is 0 Å². The van der Waals surface area contributed by atoms with E-state index in [1.165, 1.54) is 0 Å². The van der Waals surface area contributed by atoms with E-state index in [4.69, 9.17) is 26.2 Å². The van der Waals surface area contributed by atoms with Gasteiger partial charge in [0.15, 0.2) is 0 Å². The number of hydrogen-bond donors (Lipinski definition) is 5. The van der Waals surface area contributed by atoms with Crippen molar-refractivity contribution in [2.45, 2.75) is 36.6 Å². The largest absolute Gasteiger partial charge is 0.389 e. The minimum atomic E-state index is -1.92. The van der Waals surface area contributed by atoms with E-state index in [9.17, 15) is 4.39 Å². The Hall–Kier alpha value is -0.270. The lowest BCUT2D eigenvalue weighted by molar-refractivity contribution is -0.168. The van der Waals surface area contributed by atoms with E-state index in [2.05, 4.69) is 0 Å². The molecule has 6 N–H and O–H groups in total. The first-order valence-corrected chi connectivity index (χ1v) is 3.58. The van der Waals surface area contributed by atoms with Crippen molar-refractivity contribution in [3.8, 4) is 0 Å². The first-order valence-electron chi connectivity index (χ1n) is 3.58. The molecule has 72 valence electrons. The van der Waals surface area contributed by atoms with Crippen molar-refractivity contribution in [3.05, 3.63) is 0 Å². The van der Waals surface area contributed by atoms with Crippen LogP contribution in [0.15, 0.2) is 0 Å². The Morgan fingerprint density at radius 1 is 0.833 bits per heavy atom. The molecule has 2 unspecified atom stereocenters. The summed E-state index contributed by atoms with van der Waals surface area (Å²) in [6.07, 6.45) is -8.48. The summed E-state index contributed by atoms with van der Waals surface area (Å²) in [5, 5.41) is 35.9. The predicted octanol–water partition coefficient (Wildman–Crippen LogP) is -2.89. The first-order chi connectivity index (χ1) is 5.46. The zero-order valence-corrected chi connectivity index (χ0v) is 6.21. The van der Waals surface area contributed by atoms with Crippen LogP contribution < -0.4 is 5.73 Å². The molecule has 0 saturated heterocycles. The fraction of sp³-hybridized carbons (Fsp3) is 1.00. The summed E-state index contributed by atoms with van der Waals surface area (Å²) in [5.74, 6) is 0. The molecule has 0 spiro atoms. The predicted molar refractivity (Wildman–Crippen MR) is 36.9 cm³/mol. The zero-order chi connectivity index (χ0) is 9.46. The van der Waals surface area contributed by atoms with Crippen molar-refractivity contribution in [1.82, 2.24) is 0 Å². The number of nitrogens with two attached hydrogens (primary N) is 1. The van der Waals surface area contributed by atoms with Gasteiger partial charge >= 0.3 is 0 Å². The summed E-state index contributed by atoms with van der Waals surface area (Å²) in [6.45, 7) is 0. The van der Waals surface area contributed by atoms with Gasteiger partial charge in [-0.2, -0.15) is 0 Å². The quantitative estimate of drug-likeness (QED) is 0.276. The van der Waals surface area contributed by atoms with Gasteiger partial charge in [0, 0.05) is 0 Å². The van der Waals surface area contributed by atoms with Gasteiger partial charge in [0.25, 0.3) is 0 Å². The van der Waals surface area contributed by atoms with Gasteiger partial charge in [-0.3, -0.25) is 0 Å². The van der Waals surface area contributed by atoms with Crippen LogP contribution >= 0.6 is 0 Å². The number of halogens is 1. The van der Waals surface area contributed by atoms with E-state index in [-0.39, 0.29) is 0 Å². The number of aliphatic hydroxyl groups is 4. The highest BCUT2D eigenvalue weighted by atomic mass is 19.1. The van der Waals surface area contributed by atoms with Gasteiger partial charge in [-0.25, -0.2) is 4.39 Å². The van der Waals surface area contributed by atoms with Crippen LogP contribution in [0.3, 0.4) is 0 Å². The maximum absolute atomic E-state index is 12.8. The smallest absolute Gasteiger partial charge is 0.146 e. The van der Waals surface area contributed by atoms with Crippen molar-refractivity contribution in [1.29, 1.82) is 0 Å². The maximum Gasteiger partial charge on any atom is 0.146 e. The van der Waals surface area contributed by atoms with Gasteiger partial charge in [-0.1, -0.05) is 0 Å². The molecule has 0 heterocycles. The highest BCUT2D eigenvalue weighted by Gasteiger charge is 2.47. The van der Waals surface area contributed by atoms with Crippen LogP contribution in [0.5, 0.6) is 0 Å². The summed E-state index contributed by atoms with van der Waals surface area (Å²) >= 11 is 0. The standard InChI is InChI=1S/C6H12FNO4/c7-1-2(8)4(10)6(12)5(11)3(1)9/h1-6,9-12H,8H2/t1?,2?,3-,4+,5+,6-/m0/s1. The second-order valence-corrected chi connectivity index (χ2v) is 2.98. The fourth-order valence-corrected chi connectivity index (χ4v) is 1.24. The molecule has 12 heavy (non-hydrogen) atoms. The summed E-state index contributed by atoms with van der Waals surface area (Å²) in [5.41, 5.74) is 5.11. The lowest BCUT2D eigenvalue weighted by Crippen LogP contribution is -2.65. The van der Waals surface area contributed by atoms with Gasteiger partial charge in [0.2, 0.25) is 0 Å². The first kappa shape index (κ1) is 9.82. The van der Waals surface area contributed by atoms with Crippen LogP contribution in [0, 0.1) is 0 Å². The van der Waals surface area contributed by atoms with Gasteiger partial charge < -0.3 is 26.2 Å². The van der Waals surface area contributed by atoms with Crippen molar-refractivity contribution in [3.63, 3.8) is 0 Å². The van der Waals surface area contributed by atoms with Gasteiger partial charge in [0.05, 0.1) is 6.04 Å². The van der Waals surface area contributed by atoms with Crippen molar-refractivity contribution in [2.75, 3.05) is 0 Å². The van der Waals surface area contributed by atoms with Crippen molar-refractivity contribution < 1.29 is 24.8 Å².